The number of imide groups is 1. The van der Waals surface area contributed by atoms with E-state index in [4.69, 9.17) is 17.3 Å². The van der Waals surface area contributed by atoms with Crippen LogP contribution in [0, 0.1) is 0 Å². The summed E-state index contributed by atoms with van der Waals surface area (Å²) in [5, 5.41) is 11.4. The number of hydrogen-bond acceptors (Lipinski definition) is 5. The van der Waals surface area contributed by atoms with Crippen molar-refractivity contribution >= 4 is 67.1 Å². The van der Waals surface area contributed by atoms with Gasteiger partial charge in [-0.05, 0) is 37.9 Å². The standard InChI is InChI=1S/C14H6Br2ClN3O5/c15-4-2-5(16)10(8(9(4)17)14(24)25)20-6(21)1-3-7(11(20)18)13(23)19-12(3)22/h1-2H,18H2,(H,24,25)(H,19,22,23). The molecule has 0 atom stereocenters. The van der Waals surface area contributed by atoms with Crippen LogP contribution in [0.5, 0.6) is 0 Å². The zero-order chi connectivity index (χ0) is 18.6. The number of carboxylic acid groups (broad SMARTS) is 1. The second-order valence-corrected chi connectivity index (χ2v) is 7.04. The van der Waals surface area contributed by atoms with Crippen molar-refractivity contribution in [3.05, 3.63) is 53.1 Å². The predicted molar refractivity (Wildman–Crippen MR) is 95.6 cm³/mol. The van der Waals surface area contributed by atoms with E-state index in [2.05, 4.69) is 31.9 Å². The number of rotatable bonds is 2. The Hall–Kier alpha value is -2.17. The van der Waals surface area contributed by atoms with Crippen LogP contribution in [-0.4, -0.2) is 27.5 Å². The number of aromatic carboxylic acids is 1. The number of pyridine rings is 1. The minimum atomic E-state index is -1.41. The number of nitrogens with zero attached hydrogens (tertiary/aromatic N) is 1. The molecular formula is C14H6Br2ClN3O5. The Bertz CT molecular complexity index is 1060. The van der Waals surface area contributed by atoms with Crippen LogP contribution in [-0.2, 0) is 0 Å². The summed E-state index contributed by atoms with van der Waals surface area (Å²) in [4.78, 5) is 47.8. The Morgan fingerprint density at radius 2 is 1.80 bits per heavy atom. The number of aromatic nitrogens is 1. The van der Waals surface area contributed by atoms with E-state index in [-0.39, 0.29) is 36.6 Å². The summed E-state index contributed by atoms with van der Waals surface area (Å²) >= 11 is 12.4. The van der Waals surface area contributed by atoms with Crippen molar-refractivity contribution in [1.82, 2.24) is 9.88 Å². The number of halogens is 3. The van der Waals surface area contributed by atoms with Crippen molar-refractivity contribution in [2.45, 2.75) is 0 Å². The van der Waals surface area contributed by atoms with Gasteiger partial charge in [-0.15, -0.1) is 0 Å². The highest BCUT2D eigenvalue weighted by atomic mass is 79.9. The lowest BCUT2D eigenvalue weighted by Crippen LogP contribution is -2.26. The largest absolute Gasteiger partial charge is 0.478 e. The molecule has 0 spiro atoms. The molecule has 0 unspecified atom stereocenters. The molecule has 0 radical (unpaired) electrons. The van der Waals surface area contributed by atoms with Crippen LogP contribution in [0.15, 0.2) is 25.9 Å². The molecule has 1 aliphatic heterocycles. The molecule has 0 bridgehead atoms. The number of anilines is 1. The van der Waals surface area contributed by atoms with E-state index in [0.29, 0.717) is 0 Å². The monoisotopic (exact) mass is 489 g/mol. The fourth-order valence-corrected chi connectivity index (χ4v) is 4.07. The van der Waals surface area contributed by atoms with Gasteiger partial charge in [0, 0.05) is 15.0 Å². The molecule has 2 amide bonds. The number of amides is 2. The van der Waals surface area contributed by atoms with Gasteiger partial charge >= 0.3 is 5.97 Å². The van der Waals surface area contributed by atoms with Gasteiger partial charge in [-0.1, -0.05) is 11.6 Å². The lowest BCUT2D eigenvalue weighted by atomic mass is 10.1. The molecule has 1 aromatic carbocycles. The zero-order valence-electron chi connectivity index (χ0n) is 11.9. The predicted octanol–water partition coefficient (Wildman–Crippen LogP) is 2.18. The second kappa shape index (κ2) is 5.97. The maximum atomic E-state index is 12.5. The average Bonchev–Trinajstić information content (AvgIpc) is 2.78. The molecule has 128 valence electrons. The van der Waals surface area contributed by atoms with Crippen molar-refractivity contribution in [2.75, 3.05) is 5.73 Å². The minimum absolute atomic E-state index is 0.154. The third kappa shape index (κ3) is 2.57. The van der Waals surface area contributed by atoms with Gasteiger partial charge in [-0.25, -0.2) is 4.79 Å². The molecule has 0 saturated carbocycles. The molecule has 4 N–H and O–H groups in total. The van der Waals surface area contributed by atoms with Crippen LogP contribution in [0.4, 0.5) is 5.82 Å². The second-order valence-electron chi connectivity index (χ2n) is 4.96. The molecule has 8 nitrogen and oxygen atoms in total. The number of nitrogens with one attached hydrogen (secondary N) is 1. The topological polar surface area (TPSA) is 131 Å². The number of carboxylic acids is 1. The van der Waals surface area contributed by atoms with E-state index in [1.54, 1.807) is 0 Å². The summed E-state index contributed by atoms with van der Waals surface area (Å²) in [5.74, 6) is -3.30. The van der Waals surface area contributed by atoms with Crippen LogP contribution in [0.25, 0.3) is 5.69 Å². The van der Waals surface area contributed by atoms with Crippen LogP contribution in [0.1, 0.15) is 31.1 Å². The quantitative estimate of drug-likeness (QED) is 0.436. The van der Waals surface area contributed by atoms with Crippen molar-refractivity contribution in [3.63, 3.8) is 0 Å². The number of nitrogen functional groups attached to an aromatic ring is 1. The van der Waals surface area contributed by atoms with Crippen molar-refractivity contribution < 1.29 is 19.5 Å². The lowest BCUT2D eigenvalue weighted by molar-refractivity contribution is 0.0696. The first-order chi connectivity index (χ1) is 11.6. The average molecular weight is 491 g/mol. The van der Waals surface area contributed by atoms with Gasteiger partial charge in [0.1, 0.15) is 11.4 Å². The van der Waals surface area contributed by atoms with Crippen LogP contribution < -0.4 is 16.6 Å². The Morgan fingerprint density at radius 1 is 1.16 bits per heavy atom. The molecule has 1 aliphatic rings. The Balaban J connectivity index is 2.49. The molecule has 2 aromatic rings. The van der Waals surface area contributed by atoms with Gasteiger partial charge in [-0.3, -0.25) is 24.3 Å². The smallest absolute Gasteiger partial charge is 0.339 e. The number of carbonyl (C=O) groups excluding carboxylic acids is 2. The van der Waals surface area contributed by atoms with Gasteiger partial charge in [0.15, 0.2) is 0 Å². The maximum absolute atomic E-state index is 12.5. The molecule has 0 fully saturated rings. The molecule has 25 heavy (non-hydrogen) atoms. The number of carbonyl (C=O) groups is 3. The fraction of sp³-hybridized carbons (Fsp3) is 0. The number of nitrogens with two attached hydrogens (primary N) is 1. The van der Waals surface area contributed by atoms with Crippen LogP contribution in [0.3, 0.4) is 0 Å². The van der Waals surface area contributed by atoms with Crippen molar-refractivity contribution in [1.29, 1.82) is 0 Å². The fourth-order valence-electron chi connectivity index (χ4n) is 2.51. The van der Waals surface area contributed by atoms with E-state index in [1.165, 1.54) is 6.07 Å². The highest BCUT2D eigenvalue weighted by molar-refractivity contribution is 9.11. The van der Waals surface area contributed by atoms with Gasteiger partial charge in [0.05, 0.1) is 21.8 Å². The first-order valence-corrected chi connectivity index (χ1v) is 8.44. The SMILES string of the molecule is Nc1c2c(cc(=O)n1-c1c(Br)cc(Br)c(Cl)c1C(=O)O)C(=O)NC2=O. The third-order valence-electron chi connectivity index (χ3n) is 3.54. The zero-order valence-corrected chi connectivity index (χ0v) is 15.8. The first kappa shape index (κ1) is 17.6. The molecule has 2 heterocycles. The minimum Gasteiger partial charge on any atom is -0.478 e. The third-order valence-corrected chi connectivity index (χ3v) is 5.39. The van der Waals surface area contributed by atoms with Crippen molar-refractivity contribution in [2.24, 2.45) is 0 Å². The summed E-state index contributed by atoms with van der Waals surface area (Å²) in [6, 6.07) is 2.36. The van der Waals surface area contributed by atoms with Gasteiger partial charge in [-0.2, -0.15) is 0 Å². The van der Waals surface area contributed by atoms with E-state index < -0.39 is 28.9 Å². The van der Waals surface area contributed by atoms with Gasteiger partial charge < -0.3 is 10.8 Å². The van der Waals surface area contributed by atoms with Crippen molar-refractivity contribution in [3.8, 4) is 5.69 Å². The van der Waals surface area contributed by atoms with Crippen LogP contribution >= 0.6 is 43.5 Å². The highest BCUT2D eigenvalue weighted by Gasteiger charge is 2.33. The highest BCUT2D eigenvalue weighted by Crippen LogP contribution is 2.37. The number of fused-ring (bicyclic) bond motifs is 1. The Labute approximate surface area is 160 Å². The summed E-state index contributed by atoms with van der Waals surface area (Å²) < 4.78 is 1.30. The Kier molecular flexibility index (Phi) is 4.21. The van der Waals surface area contributed by atoms with Gasteiger partial charge in [0.25, 0.3) is 17.4 Å². The molecule has 0 aliphatic carbocycles. The first-order valence-electron chi connectivity index (χ1n) is 6.47. The van der Waals surface area contributed by atoms with Crippen LogP contribution in [0.2, 0.25) is 5.02 Å². The normalized spacial score (nSPS) is 12.9. The summed E-state index contributed by atoms with van der Waals surface area (Å²) in [6.07, 6.45) is 0. The molecule has 1 aromatic heterocycles. The number of hydrogen-bond donors (Lipinski definition) is 3. The molecular weight excluding hydrogens is 485 g/mol. The van der Waals surface area contributed by atoms with E-state index >= 15 is 0 Å². The summed E-state index contributed by atoms with van der Waals surface area (Å²) in [7, 11) is 0. The Morgan fingerprint density at radius 3 is 2.40 bits per heavy atom. The molecule has 0 saturated heterocycles. The molecule has 3 rings (SSSR count). The maximum Gasteiger partial charge on any atom is 0.339 e. The van der Waals surface area contributed by atoms with Gasteiger partial charge in [0.2, 0.25) is 0 Å². The summed E-state index contributed by atoms with van der Waals surface area (Å²) in [5.41, 5.74) is 4.21. The lowest BCUT2D eigenvalue weighted by Gasteiger charge is -2.17. The van der Waals surface area contributed by atoms with E-state index in [1.807, 2.05) is 5.32 Å². The number of benzene rings is 1. The molecule has 11 heteroatoms. The van der Waals surface area contributed by atoms with E-state index in [9.17, 15) is 24.3 Å². The summed E-state index contributed by atoms with van der Waals surface area (Å²) in [6.45, 7) is 0. The van der Waals surface area contributed by atoms with E-state index in [0.717, 1.165) is 10.6 Å².